The van der Waals surface area contributed by atoms with Crippen molar-refractivity contribution in [3.63, 3.8) is 0 Å². The number of imide groups is 1. The molecular weight excluding hydrogens is 360 g/mol. The molecule has 1 aliphatic carbocycles. The van der Waals surface area contributed by atoms with Gasteiger partial charge in [-0.3, -0.25) is 19.3 Å². The first-order valence-electron chi connectivity index (χ1n) is 9.64. The zero-order valence-electron chi connectivity index (χ0n) is 16.1. The van der Waals surface area contributed by atoms with Crippen LogP contribution in [0.2, 0.25) is 0 Å². The van der Waals surface area contributed by atoms with Crippen molar-refractivity contribution < 1.29 is 19.2 Å². The number of hydrogen-bond donors (Lipinski definition) is 2. The number of benzene rings is 1. The Morgan fingerprint density at radius 3 is 2.50 bits per heavy atom. The molecule has 150 valence electrons. The molecule has 0 atom stereocenters. The average molecular weight is 386 g/mol. The van der Waals surface area contributed by atoms with E-state index in [0.717, 1.165) is 24.2 Å². The van der Waals surface area contributed by atoms with Crippen LogP contribution >= 0.6 is 0 Å². The number of carbonyl (C=O) groups is 4. The van der Waals surface area contributed by atoms with E-state index in [9.17, 15) is 19.2 Å². The van der Waals surface area contributed by atoms with Gasteiger partial charge in [-0.05, 0) is 25.0 Å². The predicted octanol–water partition coefficient (Wildman–Crippen LogP) is 1.73. The fraction of sp³-hybridized carbons (Fsp3) is 0.500. The molecular formula is C20H26N4O4. The van der Waals surface area contributed by atoms with Crippen LogP contribution in [0.15, 0.2) is 30.3 Å². The van der Waals surface area contributed by atoms with Gasteiger partial charge in [-0.1, -0.05) is 37.5 Å². The standard InChI is InChI=1S/C20H26N4O4/c1-23(14-16(25)21-15-8-4-2-5-9-15)17(26)10-13-24-18(27)20(22-19(24)28)11-6-3-7-12-20/h2,4-5,8-9H,3,6-7,10-14H2,1H3,(H,21,25)(H,22,28). The Balaban J connectivity index is 1.48. The predicted molar refractivity (Wildman–Crippen MR) is 103 cm³/mol. The third kappa shape index (κ3) is 4.32. The molecule has 28 heavy (non-hydrogen) atoms. The lowest BCUT2D eigenvalue weighted by molar-refractivity contribution is -0.135. The quantitative estimate of drug-likeness (QED) is 0.728. The van der Waals surface area contributed by atoms with E-state index in [2.05, 4.69) is 10.6 Å². The van der Waals surface area contributed by atoms with E-state index in [4.69, 9.17) is 0 Å². The van der Waals surface area contributed by atoms with Crippen LogP contribution in [0.1, 0.15) is 38.5 Å². The summed E-state index contributed by atoms with van der Waals surface area (Å²) in [4.78, 5) is 51.8. The Bertz CT molecular complexity index is 759. The summed E-state index contributed by atoms with van der Waals surface area (Å²) in [6.07, 6.45) is 4.20. The number of nitrogens with zero attached hydrogens (tertiary/aromatic N) is 2. The molecule has 5 amide bonds. The summed E-state index contributed by atoms with van der Waals surface area (Å²) in [6, 6.07) is 8.56. The lowest BCUT2D eigenvalue weighted by Gasteiger charge is -2.30. The second-order valence-corrected chi connectivity index (χ2v) is 7.44. The van der Waals surface area contributed by atoms with Crippen LogP contribution < -0.4 is 10.6 Å². The highest BCUT2D eigenvalue weighted by molar-refractivity contribution is 6.07. The number of urea groups is 1. The van der Waals surface area contributed by atoms with Crippen molar-refractivity contribution in [2.75, 3.05) is 25.5 Å². The number of carbonyl (C=O) groups excluding carboxylic acids is 4. The fourth-order valence-electron chi connectivity index (χ4n) is 3.80. The van der Waals surface area contributed by atoms with E-state index in [-0.39, 0.29) is 37.2 Å². The first-order valence-corrected chi connectivity index (χ1v) is 9.64. The Morgan fingerprint density at radius 1 is 1.14 bits per heavy atom. The number of amides is 5. The third-order valence-corrected chi connectivity index (χ3v) is 5.37. The minimum Gasteiger partial charge on any atom is -0.336 e. The van der Waals surface area contributed by atoms with Crippen molar-refractivity contribution in [3.05, 3.63) is 30.3 Å². The van der Waals surface area contributed by atoms with E-state index in [1.807, 2.05) is 18.2 Å². The molecule has 2 N–H and O–H groups in total. The molecule has 1 heterocycles. The van der Waals surface area contributed by atoms with Crippen LogP contribution in [0.5, 0.6) is 0 Å². The summed E-state index contributed by atoms with van der Waals surface area (Å²) in [5.41, 5.74) is -0.120. The molecule has 1 saturated heterocycles. The Morgan fingerprint density at radius 2 is 1.82 bits per heavy atom. The largest absolute Gasteiger partial charge is 0.336 e. The summed E-state index contributed by atoms with van der Waals surface area (Å²) in [6.45, 7) is -0.0757. The molecule has 8 nitrogen and oxygen atoms in total. The number of para-hydroxylation sites is 1. The number of likely N-dealkylation sites (N-methyl/N-ethyl adjacent to an activating group) is 1. The van der Waals surface area contributed by atoms with Gasteiger partial charge in [-0.2, -0.15) is 0 Å². The van der Waals surface area contributed by atoms with E-state index in [1.165, 1.54) is 11.9 Å². The number of rotatable bonds is 6. The summed E-state index contributed by atoms with van der Waals surface area (Å²) in [5.74, 6) is -0.832. The fourth-order valence-corrected chi connectivity index (χ4v) is 3.80. The molecule has 2 aliphatic rings. The molecule has 0 unspecified atom stereocenters. The third-order valence-electron chi connectivity index (χ3n) is 5.37. The average Bonchev–Trinajstić information content (AvgIpc) is 2.90. The lowest BCUT2D eigenvalue weighted by atomic mass is 9.82. The highest BCUT2D eigenvalue weighted by Crippen LogP contribution is 2.33. The smallest absolute Gasteiger partial charge is 0.325 e. The summed E-state index contributed by atoms with van der Waals surface area (Å²) in [7, 11) is 1.53. The molecule has 1 aliphatic heterocycles. The first-order chi connectivity index (χ1) is 13.4. The van der Waals surface area contributed by atoms with Crippen LogP contribution in [0, 0.1) is 0 Å². The van der Waals surface area contributed by atoms with E-state index in [0.29, 0.717) is 18.5 Å². The minimum atomic E-state index is -0.778. The maximum Gasteiger partial charge on any atom is 0.325 e. The lowest BCUT2D eigenvalue weighted by Crippen LogP contribution is -2.48. The van der Waals surface area contributed by atoms with Gasteiger partial charge >= 0.3 is 6.03 Å². The molecule has 1 saturated carbocycles. The molecule has 0 radical (unpaired) electrons. The van der Waals surface area contributed by atoms with Crippen LogP contribution in [0.4, 0.5) is 10.5 Å². The van der Waals surface area contributed by atoms with Crippen LogP contribution in [-0.4, -0.2) is 59.2 Å². The van der Waals surface area contributed by atoms with E-state index < -0.39 is 11.6 Å². The summed E-state index contributed by atoms with van der Waals surface area (Å²) < 4.78 is 0. The van der Waals surface area contributed by atoms with Crippen molar-refractivity contribution in [3.8, 4) is 0 Å². The van der Waals surface area contributed by atoms with Gasteiger partial charge in [0.05, 0.1) is 6.54 Å². The summed E-state index contributed by atoms with van der Waals surface area (Å²) in [5, 5.41) is 5.55. The molecule has 1 aromatic carbocycles. The summed E-state index contributed by atoms with van der Waals surface area (Å²) >= 11 is 0. The Labute approximate surface area is 164 Å². The number of anilines is 1. The van der Waals surface area contributed by atoms with Crippen molar-refractivity contribution >= 4 is 29.4 Å². The molecule has 0 aromatic heterocycles. The second-order valence-electron chi connectivity index (χ2n) is 7.44. The van der Waals surface area contributed by atoms with E-state index in [1.54, 1.807) is 12.1 Å². The SMILES string of the molecule is CN(CC(=O)Nc1ccccc1)C(=O)CCN1C(=O)NC2(CCCCC2)C1=O. The van der Waals surface area contributed by atoms with E-state index >= 15 is 0 Å². The number of nitrogens with one attached hydrogen (secondary N) is 2. The zero-order valence-corrected chi connectivity index (χ0v) is 16.1. The number of hydrogen-bond acceptors (Lipinski definition) is 4. The Kier molecular flexibility index (Phi) is 5.96. The minimum absolute atomic E-state index is 0.00957. The van der Waals surface area contributed by atoms with Gasteiger partial charge in [0.15, 0.2) is 0 Å². The molecule has 2 fully saturated rings. The monoisotopic (exact) mass is 386 g/mol. The van der Waals surface area contributed by atoms with Crippen molar-refractivity contribution in [2.24, 2.45) is 0 Å². The van der Waals surface area contributed by atoms with Gasteiger partial charge < -0.3 is 15.5 Å². The Hall–Kier alpha value is -2.90. The highest BCUT2D eigenvalue weighted by atomic mass is 16.2. The molecule has 0 bridgehead atoms. The van der Waals surface area contributed by atoms with Crippen molar-refractivity contribution in [1.29, 1.82) is 0 Å². The molecule has 8 heteroatoms. The zero-order chi connectivity index (χ0) is 20.1. The van der Waals surface area contributed by atoms with Crippen LogP contribution in [0.3, 0.4) is 0 Å². The van der Waals surface area contributed by atoms with Gasteiger partial charge in [0.2, 0.25) is 11.8 Å². The van der Waals surface area contributed by atoms with Crippen LogP contribution in [0.25, 0.3) is 0 Å². The van der Waals surface area contributed by atoms with Crippen molar-refractivity contribution in [1.82, 2.24) is 15.1 Å². The maximum absolute atomic E-state index is 12.7. The molecule has 3 rings (SSSR count). The van der Waals surface area contributed by atoms with Gasteiger partial charge in [0.25, 0.3) is 5.91 Å². The van der Waals surface area contributed by atoms with Gasteiger partial charge in [0.1, 0.15) is 5.54 Å². The van der Waals surface area contributed by atoms with Gasteiger partial charge in [-0.15, -0.1) is 0 Å². The molecule has 1 spiro atoms. The van der Waals surface area contributed by atoms with Crippen molar-refractivity contribution in [2.45, 2.75) is 44.1 Å². The van der Waals surface area contributed by atoms with Crippen LogP contribution in [-0.2, 0) is 14.4 Å². The maximum atomic E-state index is 12.7. The van der Waals surface area contributed by atoms with Gasteiger partial charge in [0, 0.05) is 25.7 Å². The second kappa shape index (κ2) is 8.41. The first kappa shape index (κ1) is 19.9. The van der Waals surface area contributed by atoms with Gasteiger partial charge in [-0.25, -0.2) is 4.79 Å². The topological polar surface area (TPSA) is 98.8 Å². The highest BCUT2D eigenvalue weighted by Gasteiger charge is 2.51. The normalized spacial score (nSPS) is 18.1. The molecule has 1 aromatic rings.